The molecule has 0 aliphatic carbocycles. The van der Waals surface area contributed by atoms with Gasteiger partial charge in [-0.05, 0) is 48.7 Å². The number of fused-ring (bicyclic) bond motifs is 1. The summed E-state index contributed by atoms with van der Waals surface area (Å²) in [6, 6.07) is 20.6. The summed E-state index contributed by atoms with van der Waals surface area (Å²) in [7, 11) is 0. The number of amidine groups is 1. The first-order valence-corrected chi connectivity index (χ1v) is 9.74. The zero-order valence-electron chi connectivity index (χ0n) is 16.4. The van der Waals surface area contributed by atoms with Crippen molar-refractivity contribution in [1.82, 2.24) is 4.98 Å². The quantitative estimate of drug-likeness (QED) is 0.387. The number of aromatic nitrogens is 1. The lowest BCUT2D eigenvalue weighted by molar-refractivity contribution is -0.123. The van der Waals surface area contributed by atoms with E-state index in [9.17, 15) is 4.79 Å². The van der Waals surface area contributed by atoms with Crippen LogP contribution in [0.2, 0.25) is 0 Å². The third-order valence-corrected chi connectivity index (χ3v) is 4.77. The smallest absolute Gasteiger partial charge is 0.267 e. The molecule has 2 N–H and O–H groups in total. The number of amides is 1. The second kappa shape index (κ2) is 9.09. The second-order valence-corrected chi connectivity index (χ2v) is 6.80. The molecule has 0 bridgehead atoms. The van der Waals surface area contributed by atoms with Gasteiger partial charge in [0.15, 0.2) is 12.4 Å². The molecule has 1 aliphatic heterocycles. The molecule has 1 aromatic heterocycles. The van der Waals surface area contributed by atoms with Crippen LogP contribution < -0.4 is 15.4 Å². The summed E-state index contributed by atoms with van der Waals surface area (Å²) >= 11 is 0. The van der Waals surface area contributed by atoms with Gasteiger partial charge >= 0.3 is 0 Å². The Hall–Kier alpha value is -3.87. The van der Waals surface area contributed by atoms with Crippen molar-refractivity contribution in [2.75, 3.05) is 18.1 Å². The van der Waals surface area contributed by atoms with Gasteiger partial charge in [0, 0.05) is 18.4 Å². The molecule has 4 rings (SSSR count). The molecule has 7 nitrogen and oxygen atoms in total. The first kappa shape index (κ1) is 19.4. The number of carbonyl (C=O) groups is 1. The molecule has 2 aromatic carbocycles. The van der Waals surface area contributed by atoms with E-state index in [1.54, 1.807) is 23.2 Å². The third-order valence-electron chi connectivity index (χ3n) is 4.77. The van der Waals surface area contributed by atoms with Gasteiger partial charge in [0.25, 0.3) is 5.91 Å². The molecule has 0 radical (unpaired) electrons. The Morgan fingerprint density at radius 1 is 1.07 bits per heavy atom. The molecule has 30 heavy (non-hydrogen) atoms. The van der Waals surface area contributed by atoms with Gasteiger partial charge in [-0.3, -0.25) is 4.79 Å². The standard InChI is InChI=1S/C23H22N4O3/c24-22(19-12-6-14-25-23(19)30-18-10-2-1-3-11-18)26-29-16-21(28)27-15-7-9-17-8-4-5-13-20(17)27/h1-6,8,10-14H,7,9,15-16H2,(H2,24,26). The summed E-state index contributed by atoms with van der Waals surface area (Å²) in [4.78, 5) is 23.9. The first-order valence-electron chi connectivity index (χ1n) is 9.74. The molecule has 0 atom stereocenters. The van der Waals surface area contributed by atoms with Crippen molar-refractivity contribution in [2.24, 2.45) is 10.9 Å². The average molecular weight is 402 g/mol. The summed E-state index contributed by atoms with van der Waals surface area (Å²) < 4.78 is 5.79. The fraction of sp³-hybridized carbons (Fsp3) is 0.174. The van der Waals surface area contributed by atoms with Crippen LogP contribution in [0.3, 0.4) is 0 Å². The van der Waals surface area contributed by atoms with E-state index in [4.69, 9.17) is 15.3 Å². The van der Waals surface area contributed by atoms with Crippen molar-refractivity contribution in [3.05, 3.63) is 84.1 Å². The molecule has 0 saturated heterocycles. The van der Waals surface area contributed by atoms with E-state index in [1.807, 2.05) is 54.6 Å². The van der Waals surface area contributed by atoms with Crippen molar-refractivity contribution in [2.45, 2.75) is 12.8 Å². The Morgan fingerprint density at radius 2 is 1.87 bits per heavy atom. The van der Waals surface area contributed by atoms with E-state index in [-0.39, 0.29) is 18.3 Å². The monoisotopic (exact) mass is 402 g/mol. The highest BCUT2D eigenvalue weighted by Crippen LogP contribution is 2.27. The van der Waals surface area contributed by atoms with Crippen LogP contribution in [0, 0.1) is 0 Å². The number of oxime groups is 1. The predicted molar refractivity (Wildman–Crippen MR) is 115 cm³/mol. The first-order chi connectivity index (χ1) is 14.7. The molecule has 0 saturated carbocycles. The van der Waals surface area contributed by atoms with Crippen LogP contribution >= 0.6 is 0 Å². The van der Waals surface area contributed by atoms with E-state index >= 15 is 0 Å². The van der Waals surface area contributed by atoms with Crippen molar-refractivity contribution >= 4 is 17.4 Å². The van der Waals surface area contributed by atoms with E-state index in [0.717, 1.165) is 24.1 Å². The molecule has 2 heterocycles. The van der Waals surface area contributed by atoms with Crippen LogP contribution in [-0.4, -0.2) is 29.9 Å². The zero-order valence-corrected chi connectivity index (χ0v) is 16.4. The maximum atomic E-state index is 12.6. The molecular weight excluding hydrogens is 380 g/mol. The summed E-state index contributed by atoms with van der Waals surface area (Å²) in [6.07, 6.45) is 3.49. The minimum absolute atomic E-state index is 0.0841. The molecule has 1 aliphatic rings. The van der Waals surface area contributed by atoms with Gasteiger partial charge < -0.3 is 20.2 Å². The lowest BCUT2D eigenvalue weighted by atomic mass is 10.0. The van der Waals surface area contributed by atoms with E-state index < -0.39 is 0 Å². The SMILES string of the molecule is NC(=NOCC(=O)N1CCCc2ccccc21)c1cccnc1Oc1ccccc1. The average Bonchev–Trinajstić information content (AvgIpc) is 2.79. The number of aryl methyl sites for hydroxylation is 1. The van der Waals surface area contributed by atoms with Crippen LogP contribution in [0.5, 0.6) is 11.6 Å². The van der Waals surface area contributed by atoms with Gasteiger partial charge in [-0.25, -0.2) is 4.98 Å². The minimum atomic E-state index is -0.204. The molecule has 7 heteroatoms. The number of nitrogens with zero attached hydrogens (tertiary/aromatic N) is 3. The van der Waals surface area contributed by atoms with Gasteiger partial charge in [-0.1, -0.05) is 41.6 Å². The van der Waals surface area contributed by atoms with Gasteiger partial charge in [0.2, 0.25) is 5.88 Å². The van der Waals surface area contributed by atoms with Crippen molar-refractivity contribution in [3.63, 3.8) is 0 Å². The van der Waals surface area contributed by atoms with E-state index in [0.29, 0.717) is 23.7 Å². The maximum absolute atomic E-state index is 12.6. The van der Waals surface area contributed by atoms with Crippen LogP contribution in [0.1, 0.15) is 17.5 Å². The van der Waals surface area contributed by atoms with Crippen molar-refractivity contribution in [3.8, 4) is 11.6 Å². The largest absolute Gasteiger partial charge is 0.438 e. The number of anilines is 1. The Balaban J connectivity index is 1.42. The van der Waals surface area contributed by atoms with Crippen molar-refractivity contribution in [1.29, 1.82) is 0 Å². The molecule has 0 fully saturated rings. The lowest BCUT2D eigenvalue weighted by Gasteiger charge is -2.28. The van der Waals surface area contributed by atoms with Gasteiger partial charge in [0.1, 0.15) is 5.75 Å². The highest BCUT2D eigenvalue weighted by atomic mass is 16.6. The number of benzene rings is 2. The number of carbonyl (C=O) groups excluding carboxylic acids is 1. The van der Waals surface area contributed by atoms with Gasteiger partial charge in [0.05, 0.1) is 5.56 Å². The highest BCUT2D eigenvalue weighted by molar-refractivity contribution is 5.99. The molecule has 0 unspecified atom stereocenters. The third kappa shape index (κ3) is 4.41. The number of hydrogen-bond donors (Lipinski definition) is 1. The Morgan fingerprint density at radius 3 is 2.73 bits per heavy atom. The lowest BCUT2D eigenvalue weighted by Crippen LogP contribution is -2.37. The van der Waals surface area contributed by atoms with Gasteiger partial charge in [-0.15, -0.1) is 0 Å². The van der Waals surface area contributed by atoms with E-state index in [1.165, 1.54) is 0 Å². The maximum Gasteiger partial charge on any atom is 0.267 e. The summed E-state index contributed by atoms with van der Waals surface area (Å²) in [5.74, 6) is 0.862. The van der Waals surface area contributed by atoms with Crippen molar-refractivity contribution < 1.29 is 14.4 Å². The fourth-order valence-corrected chi connectivity index (χ4v) is 3.34. The van der Waals surface area contributed by atoms with Crippen LogP contribution in [0.4, 0.5) is 5.69 Å². The number of ether oxygens (including phenoxy) is 1. The molecule has 1 amide bonds. The molecule has 0 spiro atoms. The Labute approximate surface area is 174 Å². The number of pyridine rings is 1. The number of rotatable bonds is 6. The van der Waals surface area contributed by atoms with Crippen LogP contribution in [-0.2, 0) is 16.1 Å². The molecule has 3 aromatic rings. The number of para-hydroxylation sites is 2. The number of nitrogens with two attached hydrogens (primary N) is 1. The van der Waals surface area contributed by atoms with Gasteiger partial charge in [-0.2, -0.15) is 0 Å². The fourth-order valence-electron chi connectivity index (χ4n) is 3.34. The van der Waals surface area contributed by atoms with E-state index in [2.05, 4.69) is 10.1 Å². The Kier molecular flexibility index (Phi) is 5.89. The predicted octanol–water partition coefficient (Wildman–Crippen LogP) is 3.49. The van der Waals surface area contributed by atoms with Crippen LogP contribution in [0.25, 0.3) is 0 Å². The van der Waals surface area contributed by atoms with Crippen LogP contribution in [0.15, 0.2) is 78.1 Å². The Bertz CT molecular complexity index is 1050. The molecular formula is C23H22N4O3. The minimum Gasteiger partial charge on any atom is -0.438 e. The summed E-state index contributed by atoms with van der Waals surface area (Å²) in [5.41, 5.74) is 8.65. The normalized spacial score (nSPS) is 13.5. The summed E-state index contributed by atoms with van der Waals surface area (Å²) in [6.45, 7) is 0.459. The zero-order chi connectivity index (χ0) is 20.8. The second-order valence-electron chi connectivity index (χ2n) is 6.80. The highest BCUT2D eigenvalue weighted by Gasteiger charge is 2.22. The number of hydrogen-bond acceptors (Lipinski definition) is 5. The summed E-state index contributed by atoms with van der Waals surface area (Å²) in [5, 5.41) is 3.91. The topological polar surface area (TPSA) is 90.0 Å². The molecule has 152 valence electrons.